The number of benzene rings is 2. The number of phenolic OH excluding ortho intramolecular Hbond substituents is 1. The number of hydrogen-bond acceptors (Lipinski definition) is 6. The Bertz CT molecular complexity index is 1070. The van der Waals surface area contributed by atoms with Gasteiger partial charge in [-0.2, -0.15) is 0 Å². The first-order valence-corrected chi connectivity index (χ1v) is 12.2. The minimum atomic E-state index is -0.785. The number of carbonyl (C=O) groups excluding carboxylic acids is 1. The summed E-state index contributed by atoms with van der Waals surface area (Å²) in [5.74, 6) is -0.171. The van der Waals surface area contributed by atoms with Gasteiger partial charge in [-0.15, -0.1) is 0 Å². The van der Waals surface area contributed by atoms with Gasteiger partial charge in [-0.3, -0.25) is 0 Å². The van der Waals surface area contributed by atoms with Crippen LogP contribution in [0.2, 0.25) is 0 Å². The SMILES string of the molecule is Cc1cc(SC2=C(O)CC(CCc3ccc(O)cc3)(C(C)C)OC2=O)c(C(C)(C)C)cc1N. The van der Waals surface area contributed by atoms with E-state index in [4.69, 9.17) is 10.5 Å². The molecule has 6 heteroatoms. The summed E-state index contributed by atoms with van der Waals surface area (Å²) >= 11 is 1.26. The van der Waals surface area contributed by atoms with Gasteiger partial charge in [0.05, 0.1) is 0 Å². The second kappa shape index (κ2) is 9.34. The quantitative estimate of drug-likeness (QED) is 0.334. The van der Waals surface area contributed by atoms with E-state index < -0.39 is 11.6 Å². The summed E-state index contributed by atoms with van der Waals surface area (Å²) < 4.78 is 6.06. The fourth-order valence-electron chi connectivity index (χ4n) is 4.10. The molecule has 0 aromatic heterocycles. The first-order valence-electron chi connectivity index (χ1n) is 11.3. The summed E-state index contributed by atoms with van der Waals surface area (Å²) in [6.45, 7) is 12.3. The molecule has 1 aliphatic heterocycles. The molecule has 0 amide bonds. The normalized spacial score (nSPS) is 19.2. The number of ether oxygens (including phenoxy) is 1. The van der Waals surface area contributed by atoms with Crippen molar-refractivity contribution in [2.75, 3.05) is 5.73 Å². The van der Waals surface area contributed by atoms with Crippen LogP contribution in [-0.4, -0.2) is 21.8 Å². The van der Waals surface area contributed by atoms with Crippen LogP contribution in [0.3, 0.4) is 0 Å². The van der Waals surface area contributed by atoms with Crippen molar-refractivity contribution in [3.63, 3.8) is 0 Å². The highest BCUT2D eigenvalue weighted by Gasteiger charge is 2.44. The van der Waals surface area contributed by atoms with Gasteiger partial charge in [0, 0.05) is 17.0 Å². The molecule has 3 rings (SSSR count). The molecular weight excluding hydrogens is 434 g/mol. The highest BCUT2D eigenvalue weighted by Crippen LogP contribution is 2.45. The highest BCUT2D eigenvalue weighted by atomic mass is 32.2. The molecule has 2 aromatic carbocycles. The van der Waals surface area contributed by atoms with E-state index in [0.717, 1.165) is 21.6 Å². The van der Waals surface area contributed by atoms with Crippen LogP contribution in [0.25, 0.3) is 0 Å². The molecule has 0 radical (unpaired) electrons. The number of nitrogens with two attached hydrogens (primary N) is 1. The van der Waals surface area contributed by atoms with Gasteiger partial charge in [0.15, 0.2) is 0 Å². The van der Waals surface area contributed by atoms with Crippen molar-refractivity contribution >= 4 is 23.4 Å². The Balaban J connectivity index is 1.90. The number of phenols is 1. The van der Waals surface area contributed by atoms with E-state index in [1.807, 2.05) is 45.0 Å². The van der Waals surface area contributed by atoms with E-state index in [1.54, 1.807) is 12.1 Å². The summed E-state index contributed by atoms with van der Waals surface area (Å²) in [6, 6.07) is 11.0. The van der Waals surface area contributed by atoms with Crippen molar-refractivity contribution < 1.29 is 19.7 Å². The molecule has 5 nitrogen and oxygen atoms in total. The Morgan fingerprint density at radius 2 is 1.79 bits per heavy atom. The van der Waals surface area contributed by atoms with Crippen LogP contribution < -0.4 is 5.73 Å². The number of hydrogen-bond donors (Lipinski definition) is 3. The third-order valence-electron chi connectivity index (χ3n) is 6.42. The topological polar surface area (TPSA) is 92.8 Å². The number of esters is 1. The zero-order chi connectivity index (χ0) is 24.6. The molecule has 1 heterocycles. The molecule has 1 unspecified atom stereocenters. The van der Waals surface area contributed by atoms with E-state index in [-0.39, 0.29) is 34.2 Å². The first kappa shape index (κ1) is 25.0. The maximum atomic E-state index is 13.2. The first-order chi connectivity index (χ1) is 15.3. The smallest absolute Gasteiger partial charge is 0.349 e. The van der Waals surface area contributed by atoms with Crippen LogP contribution in [0.1, 0.15) is 64.2 Å². The molecular formula is C27H35NO4S. The zero-order valence-electron chi connectivity index (χ0n) is 20.4. The lowest BCUT2D eigenvalue weighted by atomic mass is 9.80. The van der Waals surface area contributed by atoms with Gasteiger partial charge in [-0.25, -0.2) is 4.79 Å². The standard InChI is InChI=1S/C27H35NO4S/c1-16(2)27(12-11-18-7-9-19(29)10-8-18)15-22(30)24(25(31)32-27)33-23-13-17(3)21(28)14-20(23)26(4,5)6/h7-10,13-14,16,29-30H,11-12,15,28H2,1-6H3. The van der Waals surface area contributed by atoms with Gasteiger partial charge in [0.1, 0.15) is 22.0 Å². The minimum absolute atomic E-state index is 0.0242. The predicted molar refractivity (Wildman–Crippen MR) is 135 cm³/mol. The molecule has 4 N–H and O–H groups in total. The Morgan fingerprint density at radius 1 is 1.15 bits per heavy atom. The minimum Gasteiger partial charge on any atom is -0.511 e. The predicted octanol–water partition coefficient (Wildman–Crippen LogP) is 6.42. The lowest BCUT2D eigenvalue weighted by Crippen LogP contribution is -2.44. The summed E-state index contributed by atoms with van der Waals surface area (Å²) in [5, 5.41) is 20.6. The maximum Gasteiger partial charge on any atom is 0.349 e. The second-order valence-electron chi connectivity index (χ2n) is 10.3. The number of aryl methyl sites for hydroxylation is 2. The summed E-state index contributed by atoms with van der Waals surface area (Å²) in [6.07, 6.45) is 1.53. The van der Waals surface area contributed by atoms with E-state index in [9.17, 15) is 15.0 Å². The van der Waals surface area contributed by atoms with Crippen molar-refractivity contribution in [2.24, 2.45) is 5.92 Å². The van der Waals surface area contributed by atoms with Gasteiger partial charge in [-0.05, 0) is 72.1 Å². The number of aliphatic hydroxyl groups is 1. The van der Waals surface area contributed by atoms with Crippen LogP contribution in [0.15, 0.2) is 52.0 Å². The number of cyclic esters (lactones) is 1. The Kier molecular flexibility index (Phi) is 7.08. The van der Waals surface area contributed by atoms with Crippen molar-refractivity contribution in [2.45, 2.75) is 76.7 Å². The molecule has 1 atom stereocenters. The van der Waals surface area contributed by atoms with Crippen LogP contribution in [0, 0.1) is 12.8 Å². The van der Waals surface area contributed by atoms with Gasteiger partial charge < -0.3 is 20.7 Å². The fourth-order valence-corrected chi connectivity index (χ4v) is 5.34. The van der Waals surface area contributed by atoms with Crippen LogP contribution in [0.5, 0.6) is 5.75 Å². The number of aromatic hydroxyl groups is 1. The molecule has 1 aliphatic rings. The molecule has 0 bridgehead atoms. The fraction of sp³-hybridized carbons (Fsp3) is 0.444. The molecule has 0 saturated carbocycles. The average molecular weight is 470 g/mol. The summed E-state index contributed by atoms with van der Waals surface area (Å²) in [4.78, 5) is 14.3. The Labute approximate surface area is 201 Å². The number of rotatable bonds is 6. The van der Waals surface area contributed by atoms with Crippen LogP contribution in [-0.2, 0) is 21.4 Å². The Hall–Kier alpha value is -2.60. The number of aliphatic hydroxyl groups excluding tert-OH is 1. The van der Waals surface area contributed by atoms with E-state index in [0.29, 0.717) is 18.5 Å². The van der Waals surface area contributed by atoms with Gasteiger partial charge in [0.25, 0.3) is 0 Å². The van der Waals surface area contributed by atoms with Gasteiger partial charge in [-0.1, -0.05) is 58.5 Å². The van der Waals surface area contributed by atoms with E-state index >= 15 is 0 Å². The van der Waals surface area contributed by atoms with Crippen molar-refractivity contribution in [3.05, 3.63) is 63.8 Å². The number of carbonyl (C=O) groups is 1. The van der Waals surface area contributed by atoms with Gasteiger partial charge in [0.2, 0.25) is 0 Å². The van der Waals surface area contributed by atoms with Crippen LogP contribution in [0.4, 0.5) is 5.69 Å². The van der Waals surface area contributed by atoms with Crippen LogP contribution >= 0.6 is 11.8 Å². The Morgan fingerprint density at radius 3 is 2.33 bits per heavy atom. The third kappa shape index (κ3) is 5.49. The second-order valence-corrected chi connectivity index (χ2v) is 11.3. The van der Waals surface area contributed by atoms with E-state index in [2.05, 4.69) is 20.8 Å². The number of thioether (sulfide) groups is 1. The average Bonchev–Trinajstić information content (AvgIpc) is 2.71. The van der Waals surface area contributed by atoms with Crippen molar-refractivity contribution in [1.29, 1.82) is 0 Å². The van der Waals surface area contributed by atoms with Crippen molar-refractivity contribution in [1.82, 2.24) is 0 Å². The molecule has 0 fully saturated rings. The number of nitrogen functional groups attached to an aromatic ring is 1. The maximum absolute atomic E-state index is 13.2. The molecule has 0 saturated heterocycles. The lowest BCUT2D eigenvalue weighted by Gasteiger charge is -2.40. The molecule has 33 heavy (non-hydrogen) atoms. The lowest BCUT2D eigenvalue weighted by molar-refractivity contribution is -0.164. The molecule has 178 valence electrons. The highest BCUT2D eigenvalue weighted by molar-refractivity contribution is 8.04. The van der Waals surface area contributed by atoms with E-state index in [1.165, 1.54) is 11.8 Å². The number of anilines is 1. The molecule has 0 aliphatic carbocycles. The third-order valence-corrected chi connectivity index (χ3v) is 7.59. The molecule has 0 spiro atoms. The summed E-state index contributed by atoms with van der Waals surface area (Å²) in [5.41, 5.74) is 8.90. The molecule has 2 aromatic rings. The monoisotopic (exact) mass is 469 g/mol. The van der Waals surface area contributed by atoms with Crippen molar-refractivity contribution in [3.8, 4) is 5.75 Å². The summed E-state index contributed by atoms with van der Waals surface area (Å²) in [7, 11) is 0. The zero-order valence-corrected chi connectivity index (χ0v) is 21.2. The largest absolute Gasteiger partial charge is 0.511 e. The van der Waals surface area contributed by atoms with Gasteiger partial charge >= 0.3 is 5.97 Å².